The average Bonchev–Trinajstić information content (AvgIpc) is 2.55. The van der Waals surface area contributed by atoms with Crippen molar-refractivity contribution in [3.05, 3.63) is 60.7 Å². The summed E-state index contributed by atoms with van der Waals surface area (Å²) in [5.74, 6) is 1.24. The van der Waals surface area contributed by atoms with Gasteiger partial charge in [0, 0.05) is 0 Å². The molecule has 0 saturated carbocycles. The topological polar surface area (TPSA) is 52.0 Å². The van der Waals surface area contributed by atoms with Gasteiger partial charge in [-0.3, -0.25) is 0 Å². The third-order valence-electron chi connectivity index (χ3n) is 3.38. The number of hydrogen-bond donors (Lipinski definition) is 2. The predicted molar refractivity (Wildman–Crippen MR) is 98.7 cm³/mol. The molecule has 0 spiro atoms. The molecular weight excluding hydrogens is 294 g/mol. The van der Waals surface area contributed by atoms with E-state index >= 15 is 0 Å². The fourth-order valence-corrected chi connectivity index (χ4v) is 8.77. The predicted octanol–water partition coefficient (Wildman–Crippen LogP) is 2.48. The highest BCUT2D eigenvalue weighted by molar-refractivity contribution is 7.81. The Hall–Kier alpha value is -0.780. The zero-order valence-corrected chi connectivity index (χ0v) is 14.1. The van der Waals surface area contributed by atoms with Gasteiger partial charge in [-0.05, 0) is 41.9 Å². The second-order valence-corrected chi connectivity index (χ2v) is 10.1. The molecule has 2 aromatic rings. The van der Waals surface area contributed by atoms with E-state index in [-0.39, 0.29) is 15.8 Å². The molecule has 0 saturated heterocycles. The van der Waals surface area contributed by atoms with Crippen molar-refractivity contribution in [2.75, 3.05) is 31.3 Å². The number of nitrogens with two attached hydrogens (primary N) is 2. The van der Waals surface area contributed by atoms with Crippen LogP contribution in [0.3, 0.4) is 0 Å². The van der Waals surface area contributed by atoms with Gasteiger partial charge in [-0.2, -0.15) is 0 Å². The Kier molecular flexibility index (Phi) is 7.33. The zero-order valence-electron chi connectivity index (χ0n) is 12.4. The van der Waals surface area contributed by atoms with Gasteiger partial charge in [-0.25, -0.2) is 0 Å². The fourth-order valence-electron chi connectivity index (χ4n) is 2.36. The molecule has 0 bridgehead atoms. The summed E-state index contributed by atoms with van der Waals surface area (Å²) in [6.07, 6.45) is 2.21. The molecule has 4 heteroatoms. The first-order valence-electron chi connectivity index (χ1n) is 7.35. The molecule has 112 valence electrons. The molecule has 0 aromatic heterocycles. The molecular formula is C17H24N2P2. The maximum atomic E-state index is 5.85. The number of benzene rings is 2. The zero-order chi connectivity index (χ0) is 14.9. The van der Waals surface area contributed by atoms with Crippen LogP contribution in [0.2, 0.25) is 0 Å². The van der Waals surface area contributed by atoms with E-state index in [4.69, 9.17) is 11.5 Å². The van der Waals surface area contributed by atoms with Crippen molar-refractivity contribution in [3.63, 3.8) is 0 Å². The van der Waals surface area contributed by atoms with E-state index in [0.29, 0.717) is 0 Å². The Bertz CT molecular complexity index is 457. The summed E-state index contributed by atoms with van der Waals surface area (Å²) in [5, 5.41) is 2.94. The minimum Gasteiger partial charge on any atom is -0.330 e. The van der Waals surface area contributed by atoms with Crippen LogP contribution in [-0.4, -0.2) is 31.3 Å². The van der Waals surface area contributed by atoms with Gasteiger partial charge in [0.25, 0.3) is 0 Å². The molecule has 2 unspecified atom stereocenters. The lowest BCUT2D eigenvalue weighted by atomic mass is 10.4. The van der Waals surface area contributed by atoms with Gasteiger partial charge in [0.2, 0.25) is 0 Å². The molecule has 2 aromatic carbocycles. The molecule has 2 nitrogen and oxygen atoms in total. The number of hydrogen-bond acceptors (Lipinski definition) is 2. The van der Waals surface area contributed by atoms with Crippen LogP contribution in [0.1, 0.15) is 0 Å². The Labute approximate surface area is 130 Å². The van der Waals surface area contributed by atoms with Crippen LogP contribution in [0.5, 0.6) is 0 Å². The van der Waals surface area contributed by atoms with Gasteiger partial charge in [0.05, 0.1) is 0 Å². The highest BCUT2D eigenvalue weighted by Gasteiger charge is 2.17. The van der Waals surface area contributed by atoms with E-state index in [1.54, 1.807) is 0 Å². The maximum Gasteiger partial charge on any atom is -0.00347 e. The lowest BCUT2D eigenvalue weighted by Crippen LogP contribution is -2.17. The van der Waals surface area contributed by atoms with Crippen molar-refractivity contribution in [2.24, 2.45) is 11.5 Å². The Balaban J connectivity index is 2.16. The summed E-state index contributed by atoms with van der Waals surface area (Å²) in [6, 6.07) is 21.7. The summed E-state index contributed by atoms with van der Waals surface area (Å²) >= 11 is 0. The maximum absolute atomic E-state index is 5.85. The third kappa shape index (κ3) is 5.16. The van der Waals surface area contributed by atoms with E-state index in [1.165, 1.54) is 16.5 Å². The average molecular weight is 318 g/mol. The van der Waals surface area contributed by atoms with Gasteiger partial charge in [0.15, 0.2) is 0 Å². The lowest BCUT2D eigenvalue weighted by molar-refractivity contribution is 1.14. The van der Waals surface area contributed by atoms with Gasteiger partial charge in [0.1, 0.15) is 0 Å². The van der Waals surface area contributed by atoms with Gasteiger partial charge < -0.3 is 11.5 Å². The quantitative estimate of drug-likeness (QED) is 0.735. The molecule has 0 aliphatic rings. The van der Waals surface area contributed by atoms with E-state index in [9.17, 15) is 0 Å². The molecule has 0 radical (unpaired) electrons. The van der Waals surface area contributed by atoms with Crippen LogP contribution in [0, 0.1) is 0 Å². The Morgan fingerprint density at radius 1 is 0.619 bits per heavy atom. The van der Waals surface area contributed by atoms with Crippen LogP contribution in [0.25, 0.3) is 0 Å². The van der Waals surface area contributed by atoms with Gasteiger partial charge in [-0.1, -0.05) is 76.5 Å². The molecule has 21 heavy (non-hydrogen) atoms. The number of rotatable bonds is 8. The Morgan fingerprint density at radius 3 is 1.33 bits per heavy atom. The molecule has 0 heterocycles. The van der Waals surface area contributed by atoms with Crippen LogP contribution in [0.4, 0.5) is 0 Å². The molecule has 0 aliphatic heterocycles. The second-order valence-electron chi connectivity index (χ2n) is 4.92. The van der Waals surface area contributed by atoms with E-state index in [0.717, 1.165) is 25.4 Å². The first-order valence-corrected chi connectivity index (χ1v) is 10.8. The van der Waals surface area contributed by atoms with Crippen LogP contribution in [-0.2, 0) is 0 Å². The highest BCUT2D eigenvalue weighted by atomic mass is 31.2. The first kappa shape index (κ1) is 16.6. The standard InChI is InChI=1S/C17H24N2P2/c18-11-13-20(16-7-3-1-4-8-16)15-21(14-12-19)17-9-5-2-6-10-17/h1-10H,11-15,18-19H2. The van der Waals surface area contributed by atoms with Crippen molar-refractivity contribution < 1.29 is 0 Å². The van der Waals surface area contributed by atoms with Crippen molar-refractivity contribution in [1.29, 1.82) is 0 Å². The molecule has 4 N–H and O–H groups in total. The summed E-state index contributed by atoms with van der Waals surface area (Å²) in [5.41, 5.74) is 11.7. The summed E-state index contributed by atoms with van der Waals surface area (Å²) in [6.45, 7) is 1.53. The van der Waals surface area contributed by atoms with Crippen LogP contribution in [0.15, 0.2) is 60.7 Å². The van der Waals surface area contributed by atoms with Gasteiger partial charge in [-0.15, -0.1) is 0 Å². The monoisotopic (exact) mass is 318 g/mol. The highest BCUT2D eigenvalue weighted by Crippen LogP contribution is 2.49. The normalized spacial score (nSPS) is 13.8. The summed E-state index contributed by atoms with van der Waals surface area (Å²) in [7, 11) is -0.364. The smallest absolute Gasteiger partial charge is 0.00347 e. The van der Waals surface area contributed by atoms with Crippen molar-refractivity contribution in [3.8, 4) is 0 Å². The fraction of sp³-hybridized carbons (Fsp3) is 0.294. The Morgan fingerprint density at radius 2 is 1.00 bits per heavy atom. The summed E-state index contributed by atoms with van der Waals surface area (Å²) in [4.78, 5) is 0. The second kappa shape index (κ2) is 9.28. The van der Waals surface area contributed by atoms with Gasteiger partial charge >= 0.3 is 0 Å². The minimum atomic E-state index is -0.182. The largest absolute Gasteiger partial charge is 0.330 e. The third-order valence-corrected chi connectivity index (χ3v) is 9.77. The SMILES string of the molecule is NCCP(CP(CCN)c1ccccc1)c1ccccc1. The molecule has 0 aliphatic carbocycles. The minimum absolute atomic E-state index is 0.182. The van der Waals surface area contributed by atoms with E-state index in [2.05, 4.69) is 60.7 Å². The molecule has 0 fully saturated rings. The molecule has 2 atom stereocenters. The molecule has 2 rings (SSSR count). The van der Waals surface area contributed by atoms with Crippen molar-refractivity contribution >= 4 is 26.5 Å². The van der Waals surface area contributed by atoms with Crippen molar-refractivity contribution in [2.45, 2.75) is 0 Å². The van der Waals surface area contributed by atoms with E-state index < -0.39 is 0 Å². The molecule has 0 amide bonds. The van der Waals surface area contributed by atoms with Crippen LogP contribution < -0.4 is 22.1 Å². The summed E-state index contributed by atoms with van der Waals surface area (Å²) < 4.78 is 0. The lowest BCUT2D eigenvalue weighted by Gasteiger charge is -2.25. The first-order chi connectivity index (χ1) is 10.3. The van der Waals surface area contributed by atoms with Crippen molar-refractivity contribution in [1.82, 2.24) is 0 Å². The van der Waals surface area contributed by atoms with Crippen LogP contribution >= 0.6 is 15.8 Å². The van der Waals surface area contributed by atoms with E-state index in [1.807, 2.05) is 0 Å².